The average molecular weight is 702 g/mol. The predicted molar refractivity (Wildman–Crippen MR) is 180 cm³/mol. The van der Waals surface area contributed by atoms with E-state index >= 15 is 0 Å². The minimum atomic E-state index is -3.71. The molecule has 1 saturated heterocycles. The normalized spacial score (nSPS) is 14.4. The van der Waals surface area contributed by atoms with Gasteiger partial charge in [-0.15, -0.1) is 0 Å². The van der Waals surface area contributed by atoms with Crippen LogP contribution in [0.4, 0.5) is 11.4 Å². The van der Waals surface area contributed by atoms with Gasteiger partial charge >= 0.3 is 263 Å². The molecule has 224 valence electrons. The van der Waals surface area contributed by atoms with E-state index in [4.69, 9.17) is 24.1 Å². The van der Waals surface area contributed by atoms with Crippen molar-refractivity contribution < 1.29 is 16.6 Å². The summed E-state index contributed by atoms with van der Waals surface area (Å²) in [7, 11) is 19.5. The van der Waals surface area contributed by atoms with Crippen LogP contribution in [0.5, 0.6) is 5.75 Å². The molecule has 0 bridgehead atoms. The first-order valence-electron chi connectivity index (χ1n) is 13.9. The van der Waals surface area contributed by atoms with Gasteiger partial charge in [-0.25, -0.2) is 0 Å². The quantitative estimate of drug-likeness (QED) is 0.181. The number of aryl methyl sites for hydroxylation is 6. The summed E-state index contributed by atoms with van der Waals surface area (Å²) in [5.41, 5.74) is 10.8. The third kappa shape index (κ3) is 7.28. The number of halogens is 2. The van der Waals surface area contributed by atoms with Crippen molar-refractivity contribution >= 4 is 51.7 Å². The first kappa shape index (κ1) is 32.2. The second kappa shape index (κ2) is 12.9. The van der Waals surface area contributed by atoms with Crippen molar-refractivity contribution in [1.29, 1.82) is 0 Å². The van der Waals surface area contributed by atoms with Gasteiger partial charge in [0.1, 0.15) is 0 Å². The van der Waals surface area contributed by atoms with Gasteiger partial charge in [-0.1, -0.05) is 0 Å². The van der Waals surface area contributed by atoms with Crippen LogP contribution in [0, 0.1) is 41.5 Å². The number of hydrogen-bond acceptors (Lipinski definition) is 5. The van der Waals surface area contributed by atoms with E-state index in [1.54, 1.807) is 11.9 Å². The molecule has 0 atom stereocenters. The van der Waals surface area contributed by atoms with Gasteiger partial charge in [0.15, 0.2) is 0 Å². The van der Waals surface area contributed by atoms with Gasteiger partial charge in [-0.05, 0) is 0 Å². The summed E-state index contributed by atoms with van der Waals surface area (Å²) in [5, 5.41) is 0. The summed E-state index contributed by atoms with van der Waals surface area (Å²) >= 11 is -2.05. The molecule has 0 radical (unpaired) electrons. The Kier molecular flexibility index (Phi) is 10.1. The van der Waals surface area contributed by atoms with Crippen LogP contribution in [0.25, 0.3) is 0 Å². The first-order valence-corrected chi connectivity index (χ1v) is 21.0. The number of hydrogen-bond donors (Lipinski definition) is 0. The third-order valence-corrected chi connectivity index (χ3v) is 13.2. The molecule has 41 heavy (non-hydrogen) atoms. The standard InChI is InChI=1S/C21H26N2.C12H17NOS.2ClH.Ru/c1-14-9-16(3)20(17(4)10-14)22-7-8-23(13-22)21-18(5)11-15(2)12-19(21)6;1-9(2)14-12-7-6-11(8-10(12)3)15-13(4)5;;;/h9-12H,7-8H2,1-6H3;3,6-9H,1-2,4-5H3;2*1H;/q;;;;+2/p-2. The summed E-state index contributed by atoms with van der Waals surface area (Å²) in [5.74, 6) is 0.803. The number of anilines is 2. The molecule has 1 heterocycles. The Morgan fingerprint density at radius 3 is 1.68 bits per heavy atom. The van der Waals surface area contributed by atoms with E-state index in [0.29, 0.717) is 0 Å². The number of benzene rings is 3. The second-order valence-electron chi connectivity index (χ2n) is 11.4. The fourth-order valence-corrected chi connectivity index (χ4v) is 12.5. The van der Waals surface area contributed by atoms with Crippen LogP contribution in [0.3, 0.4) is 0 Å². The number of nitrogens with zero attached hydrogens (tertiary/aromatic N) is 3. The maximum atomic E-state index is 7.69. The van der Waals surface area contributed by atoms with Gasteiger partial charge in [-0.3, -0.25) is 0 Å². The molecule has 8 heteroatoms. The van der Waals surface area contributed by atoms with Gasteiger partial charge < -0.3 is 0 Å². The van der Waals surface area contributed by atoms with Gasteiger partial charge in [-0.2, -0.15) is 0 Å². The van der Waals surface area contributed by atoms with Crippen LogP contribution < -0.4 is 14.5 Å². The Balaban J connectivity index is 2.06. The van der Waals surface area contributed by atoms with E-state index < -0.39 is 11.9 Å². The van der Waals surface area contributed by atoms with Crippen LogP contribution in [0.2, 0.25) is 0 Å². The Morgan fingerprint density at radius 2 is 1.27 bits per heavy atom. The molecule has 0 N–H and O–H groups in total. The summed E-state index contributed by atoms with van der Waals surface area (Å²) in [6.07, 6.45) is 0.0304. The maximum absolute atomic E-state index is 7.69. The number of rotatable bonds is 7. The van der Waals surface area contributed by atoms with Crippen molar-refractivity contribution in [2.24, 2.45) is 0 Å². The van der Waals surface area contributed by atoms with E-state index in [1.807, 2.05) is 34.0 Å². The van der Waals surface area contributed by atoms with Crippen LogP contribution >= 0.6 is 31.3 Å². The number of ether oxygens (including phenoxy) is 1. The van der Waals surface area contributed by atoms with Crippen molar-refractivity contribution in [1.82, 2.24) is 4.31 Å². The molecular formula is C33H43Cl2N3ORuS. The van der Waals surface area contributed by atoms with Gasteiger partial charge in [0.05, 0.1) is 0 Å². The second-order valence-corrected chi connectivity index (χ2v) is 22.0. The summed E-state index contributed by atoms with van der Waals surface area (Å²) < 4.78 is 11.5. The van der Waals surface area contributed by atoms with E-state index in [-0.39, 0.29) is 6.10 Å². The Morgan fingerprint density at radius 1 is 0.805 bits per heavy atom. The van der Waals surface area contributed by atoms with E-state index in [1.165, 1.54) is 44.8 Å². The van der Waals surface area contributed by atoms with Gasteiger partial charge in [0.25, 0.3) is 0 Å². The molecule has 0 saturated carbocycles. The van der Waals surface area contributed by atoms with E-state index in [9.17, 15) is 0 Å². The Labute approximate surface area is 261 Å². The molecule has 0 spiro atoms. The average Bonchev–Trinajstić information content (AvgIpc) is 3.23. The molecule has 0 unspecified atom stereocenters. The summed E-state index contributed by atoms with van der Waals surface area (Å²) in [6.45, 7) is 18.8. The van der Waals surface area contributed by atoms with Crippen LogP contribution in [-0.4, -0.2) is 46.6 Å². The van der Waals surface area contributed by atoms with Crippen LogP contribution in [0.15, 0.2) is 47.4 Å². The van der Waals surface area contributed by atoms with Crippen molar-refractivity contribution in [3.05, 3.63) is 81.4 Å². The molecule has 4 rings (SSSR count). The van der Waals surface area contributed by atoms with E-state index in [0.717, 1.165) is 33.7 Å². The molecule has 3 aromatic rings. The van der Waals surface area contributed by atoms with Gasteiger partial charge in [0.2, 0.25) is 0 Å². The molecule has 3 aromatic carbocycles. The zero-order valence-corrected chi connectivity index (χ0v) is 29.9. The summed E-state index contributed by atoms with van der Waals surface area (Å²) in [4.78, 5) is 5.90. The zero-order valence-electron chi connectivity index (χ0n) is 25.9. The first-order chi connectivity index (χ1) is 19.2. The van der Waals surface area contributed by atoms with Crippen molar-refractivity contribution in [2.75, 3.05) is 37.0 Å². The monoisotopic (exact) mass is 701 g/mol. The summed E-state index contributed by atoms with van der Waals surface area (Å²) in [6, 6.07) is 15.3. The van der Waals surface area contributed by atoms with Crippen molar-refractivity contribution in [3.63, 3.8) is 0 Å². The molecule has 1 aliphatic heterocycles. The molecular weight excluding hydrogens is 658 g/mol. The molecule has 0 amide bonds. The Hall–Kier alpha value is -1.69. The minimum absolute atomic E-state index is 0.0304. The third-order valence-electron chi connectivity index (χ3n) is 6.87. The molecule has 0 aromatic heterocycles. The fraction of sp³-hybridized carbons (Fsp3) is 0.394. The van der Waals surface area contributed by atoms with Gasteiger partial charge in [0, 0.05) is 0 Å². The van der Waals surface area contributed by atoms with E-state index in [2.05, 4.69) is 96.7 Å². The van der Waals surface area contributed by atoms with Crippen LogP contribution in [-0.2, 0) is 11.9 Å². The molecule has 1 aliphatic rings. The Bertz CT molecular complexity index is 1470. The SMILES string of the molecule is Cc1cc(C)c(N2CCN(c3c(C)cc(C)cc3C)[C]2=[Ru]([Cl])([Cl])=[CH]c2cc(SN(C)C)ccc2OC(C)C)c(C)c1. The zero-order chi connectivity index (χ0) is 30.2. The molecule has 0 aliphatic carbocycles. The van der Waals surface area contributed by atoms with Crippen molar-refractivity contribution in [2.45, 2.75) is 66.4 Å². The topological polar surface area (TPSA) is 19.0 Å². The molecule has 4 nitrogen and oxygen atoms in total. The van der Waals surface area contributed by atoms with Crippen LogP contribution in [0.1, 0.15) is 52.8 Å². The van der Waals surface area contributed by atoms with Crippen molar-refractivity contribution in [3.8, 4) is 5.75 Å². The predicted octanol–water partition coefficient (Wildman–Crippen LogP) is 8.62. The fourth-order valence-electron chi connectivity index (χ4n) is 5.80. The molecule has 1 fully saturated rings.